The van der Waals surface area contributed by atoms with Crippen LogP contribution in [0.4, 0.5) is 0 Å². The van der Waals surface area contributed by atoms with Gasteiger partial charge in [-0.05, 0) is 29.8 Å². The van der Waals surface area contributed by atoms with E-state index in [9.17, 15) is 0 Å². The second kappa shape index (κ2) is 8.18. The Labute approximate surface area is 218 Å². The summed E-state index contributed by atoms with van der Waals surface area (Å²) in [6, 6.07) is 41.5. The first kappa shape index (κ1) is 21.0. The van der Waals surface area contributed by atoms with Gasteiger partial charge in [-0.15, -0.1) is 0 Å². The number of para-hydroxylation sites is 2. The standard InChI is InChI=1S/C33H22N4O/c1-3-11-21(12-4-1)31-34-32(22-13-5-2-6-14-22)36-33(35-31)37-27-17-9-7-15-23(27)25-20-30-26(19-28(25)37)24-16-8-10-18-29(24)38-30/h1-20,31H,(H,34,35,36). The van der Waals surface area contributed by atoms with Crippen molar-refractivity contribution in [1.82, 2.24) is 9.88 Å². The second-order valence-electron chi connectivity index (χ2n) is 9.52. The van der Waals surface area contributed by atoms with Crippen LogP contribution in [0.1, 0.15) is 17.3 Å². The van der Waals surface area contributed by atoms with E-state index in [1.807, 2.05) is 48.5 Å². The van der Waals surface area contributed by atoms with Crippen LogP contribution in [0.3, 0.4) is 0 Å². The molecule has 5 heteroatoms. The number of aromatic nitrogens is 1. The quantitative estimate of drug-likeness (QED) is 0.271. The molecule has 0 saturated carbocycles. The summed E-state index contributed by atoms with van der Waals surface area (Å²) in [5.74, 6) is 1.54. The average Bonchev–Trinajstić information content (AvgIpc) is 3.51. The summed E-state index contributed by atoms with van der Waals surface area (Å²) in [5, 5.41) is 8.04. The molecule has 7 aromatic rings. The molecule has 1 N–H and O–H groups in total. The molecule has 38 heavy (non-hydrogen) atoms. The lowest BCUT2D eigenvalue weighted by Crippen LogP contribution is -2.39. The minimum atomic E-state index is -0.364. The van der Waals surface area contributed by atoms with Crippen LogP contribution in [0.15, 0.2) is 136 Å². The predicted molar refractivity (Wildman–Crippen MR) is 155 cm³/mol. The minimum Gasteiger partial charge on any atom is -0.456 e. The first-order chi connectivity index (χ1) is 18.8. The van der Waals surface area contributed by atoms with Crippen molar-refractivity contribution in [1.29, 1.82) is 0 Å². The number of aliphatic imine (C=N–C) groups is 2. The maximum atomic E-state index is 6.24. The highest BCUT2D eigenvalue weighted by Gasteiger charge is 2.24. The number of nitrogens with one attached hydrogen (secondary N) is 1. The van der Waals surface area contributed by atoms with Crippen molar-refractivity contribution in [3.05, 3.63) is 132 Å². The summed E-state index contributed by atoms with van der Waals surface area (Å²) < 4.78 is 8.46. The van der Waals surface area contributed by atoms with E-state index in [-0.39, 0.29) is 6.17 Å². The Morgan fingerprint density at radius 2 is 1.29 bits per heavy atom. The summed E-state index contributed by atoms with van der Waals surface area (Å²) in [5.41, 5.74) is 5.98. The highest BCUT2D eigenvalue weighted by Crippen LogP contribution is 2.37. The van der Waals surface area contributed by atoms with E-state index < -0.39 is 0 Å². The molecule has 5 nitrogen and oxygen atoms in total. The van der Waals surface area contributed by atoms with Gasteiger partial charge in [0.1, 0.15) is 17.0 Å². The molecule has 5 aromatic carbocycles. The topological polar surface area (TPSA) is 54.8 Å². The van der Waals surface area contributed by atoms with Gasteiger partial charge in [0.05, 0.1) is 11.0 Å². The largest absolute Gasteiger partial charge is 0.456 e. The molecular formula is C33H22N4O. The van der Waals surface area contributed by atoms with Gasteiger partial charge < -0.3 is 9.73 Å². The lowest BCUT2D eigenvalue weighted by atomic mass is 10.1. The van der Waals surface area contributed by atoms with Crippen LogP contribution in [-0.4, -0.2) is 16.4 Å². The molecule has 180 valence electrons. The van der Waals surface area contributed by atoms with Gasteiger partial charge in [-0.25, -0.2) is 9.98 Å². The molecule has 2 aromatic heterocycles. The van der Waals surface area contributed by atoms with Gasteiger partial charge >= 0.3 is 0 Å². The molecule has 0 spiro atoms. The molecule has 3 heterocycles. The van der Waals surface area contributed by atoms with Gasteiger partial charge in [0.25, 0.3) is 0 Å². The van der Waals surface area contributed by atoms with Crippen LogP contribution < -0.4 is 5.32 Å². The maximum absolute atomic E-state index is 6.24. The first-order valence-electron chi connectivity index (χ1n) is 12.7. The Morgan fingerprint density at radius 3 is 2.13 bits per heavy atom. The van der Waals surface area contributed by atoms with E-state index in [0.717, 1.165) is 66.7 Å². The third-order valence-corrected chi connectivity index (χ3v) is 7.25. The molecule has 1 atom stereocenters. The van der Waals surface area contributed by atoms with Crippen LogP contribution in [0, 0.1) is 0 Å². The molecular weight excluding hydrogens is 468 g/mol. The molecule has 1 aliphatic heterocycles. The van der Waals surface area contributed by atoms with Crippen LogP contribution in [0.5, 0.6) is 0 Å². The number of rotatable bonds is 2. The first-order valence-corrected chi connectivity index (χ1v) is 12.7. The Hall–Kier alpha value is -5.16. The Balaban J connectivity index is 1.41. The fourth-order valence-corrected chi connectivity index (χ4v) is 5.48. The lowest BCUT2D eigenvalue weighted by Gasteiger charge is -2.23. The summed E-state index contributed by atoms with van der Waals surface area (Å²) >= 11 is 0. The monoisotopic (exact) mass is 490 g/mol. The van der Waals surface area contributed by atoms with Crippen LogP contribution in [0.2, 0.25) is 0 Å². The van der Waals surface area contributed by atoms with E-state index in [1.54, 1.807) is 0 Å². The van der Waals surface area contributed by atoms with E-state index in [1.165, 1.54) is 0 Å². The fourth-order valence-electron chi connectivity index (χ4n) is 5.48. The zero-order chi connectivity index (χ0) is 25.1. The van der Waals surface area contributed by atoms with Crippen molar-refractivity contribution in [2.45, 2.75) is 6.17 Å². The lowest BCUT2D eigenvalue weighted by molar-refractivity contribution is 0.669. The van der Waals surface area contributed by atoms with Gasteiger partial charge in [0, 0.05) is 27.1 Å². The highest BCUT2D eigenvalue weighted by molar-refractivity contribution is 6.21. The van der Waals surface area contributed by atoms with Crippen molar-refractivity contribution < 1.29 is 4.42 Å². The normalized spacial score (nSPS) is 15.6. The molecule has 0 saturated heterocycles. The number of fused-ring (bicyclic) bond motifs is 6. The van der Waals surface area contributed by atoms with E-state index in [4.69, 9.17) is 14.4 Å². The summed E-state index contributed by atoms with van der Waals surface area (Å²) in [4.78, 5) is 10.2. The van der Waals surface area contributed by atoms with Crippen molar-refractivity contribution >= 4 is 55.5 Å². The zero-order valence-electron chi connectivity index (χ0n) is 20.4. The van der Waals surface area contributed by atoms with Crippen molar-refractivity contribution in [2.75, 3.05) is 0 Å². The number of nitrogens with zero attached hydrogens (tertiary/aromatic N) is 3. The fraction of sp³-hybridized carbons (Fsp3) is 0.0303. The third-order valence-electron chi connectivity index (χ3n) is 7.25. The van der Waals surface area contributed by atoms with Gasteiger partial charge in [-0.1, -0.05) is 97.1 Å². The summed E-state index contributed by atoms with van der Waals surface area (Å²) in [6.07, 6.45) is -0.364. The number of hydrogen-bond donors (Lipinski definition) is 1. The van der Waals surface area contributed by atoms with Gasteiger partial charge in [0.15, 0.2) is 6.17 Å². The summed E-state index contributed by atoms with van der Waals surface area (Å²) in [6.45, 7) is 0. The number of hydrogen-bond acceptors (Lipinski definition) is 4. The van der Waals surface area contributed by atoms with Crippen LogP contribution >= 0.6 is 0 Å². The molecule has 0 bridgehead atoms. The average molecular weight is 491 g/mol. The smallest absolute Gasteiger partial charge is 0.211 e. The maximum Gasteiger partial charge on any atom is 0.211 e. The van der Waals surface area contributed by atoms with Gasteiger partial charge in [0.2, 0.25) is 5.96 Å². The molecule has 0 fully saturated rings. The molecule has 8 rings (SSSR count). The van der Waals surface area contributed by atoms with Crippen molar-refractivity contribution in [3.63, 3.8) is 0 Å². The second-order valence-corrected chi connectivity index (χ2v) is 9.52. The molecule has 0 aliphatic carbocycles. The predicted octanol–water partition coefficient (Wildman–Crippen LogP) is 7.65. The van der Waals surface area contributed by atoms with Crippen molar-refractivity contribution in [2.24, 2.45) is 9.98 Å². The van der Waals surface area contributed by atoms with Crippen molar-refractivity contribution in [3.8, 4) is 0 Å². The summed E-state index contributed by atoms with van der Waals surface area (Å²) in [7, 11) is 0. The van der Waals surface area contributed by atoms with Crippen LogP contribution in [-0.2, 0) is 0 Å². The molecule has 0 amide bonds. The van der Waals surface area contributed by atoms with E-state index >= 15 is 0 Å². The van der Waals surface area contributed by atoms with Gasteiger partial charge in [-0.3, -0.25) is 4.57 Å². The molecule has 1 aliphatic rings. The Kier molecular flexibility index (Phi) is 4.52. The zero-order valence-corrected chi connectivity index (χ0v) is 20.4. The van der Waals surface area contributed by atoms with Gasteiger partial charge in [-0.2, -0.15) is 0 Å². The third kappa shape index (κ3) is 3.19. The SMILES string of the molecule is c1ccc(C2=NC(c3ccccc3)N=C(n3c4ccccc4c4cc5oc6ccccc6c5cc43)N2)cc1. The van der Waals surface area contributed by atoms with Crippen LogP contribution in [0.25, 0.3) is 43.7 Å². The Bertz CT molecular complexity index is 2050. The minimum absolute atomic E-state index is 0.364. The number of amidine groups is 1. The highest BCUT2D eigenvalue weighted by atomic mass is 16.3. The molecule has 0 radical (unpaired) electrons. The van der Waals surface area contributed by atoms with E-state index in [0.29, 0.717) is 0 Å². The Morgan fingerprint density at radius 1 is 0.579 bits per heavy atom. The van der Waals surface area contributed by atoms with E-state index in [2.05, 4.69) is 82.7 Å². The number of furan rings is 1. The number of benzene rings is 5. The molecule has 1 unspecified atom stereocenters.